The number of aryl methyl sites for hydroxylation is 1. The summed E-state index contributed by atoms with van der Waals surface area (Å²) >= 11 is 3.23. The van der Waals surface area contributed by atoms with Crippen LogP contribution in [0.15, 0.2) is 88.7 Å². The third kappa shape index (κ3) is 6.14. The van der Waals surface area contributed by atoms with E-state index in [-0.39, 0.29) is 5.56 Å². The Bertz CT molecular complexity index is 1670. The molecule has 2 aromatic heterocycles. The van der Waals surface area contributed by atoms with Crippen molar-refractivity contribution in [2.75, 3.05) is 18.2 Å². The van der Waals surface area contributed by atoms with Gasteiger partial charge in [-0.3, -0.25) is 9.36 Å². The van der Waals surface area contributed by atoms with E-state index < -0.39 is 10.1 Å². The Kier molecular flexibility index (Phi) is 7.79. The molecule has 0 atom stereocenters. The monoisotopic (exact) mass is 539 g/mol. The zero-order valence-electron chi connectivity index (χ0n) is 20.0. The molecule has 0 radical (unpaired) electrons. The maximum absolute atomic E-state index is 13.6. The first-order valence-electron chi connectivity index (χ1n) is 11.0. The molecule has 4 aromatic rings. The van der Waals surface area contributed by atoms with Crippen molar-refractivity contribution >= 4 is 50.0 Å². The molecule has 0 N–H and O–H groups in total. The van der Waals surface area contributed by atoms with Crippen LogP contribution in [0.25, 0.3) is 11.1 Å². The molecule has 0 fully saturated rings. The van der Waals surface area contributed by atoms with Crippen LogP contribution in [-0.2, 0) is 23.7 Å². The third-order valence-electron chi connectivity index (χ3n) is 5.39. The summed E-state index contributed by atoms with van der Waals surface area (Å²) in [5.41, 5.74) is 3.37. The predicted molar refractivity (Wildman–Crippen MR) is 144 cm³/mol. The van der Waals surface area contributed by atoms with E-state index in [0.29, 0.717) is 12.8 Å². The molecule has 0 saturated carbocycles. The van der Waals surface area contributed by atoms with Gasteiger partial charge in [0, 0.05) is 36.4 Å². The van der Waals surface area contributed by atoms with Crippen molar-refractivity contribution in [1.29, 1.82) is 0 Å². The summed E-state index contributed by atoms with van der Waals surface area (Å²) in [4.78, 5) is 17.0. The number of para-hydroxylation sites is 1. The van der Waals surface area contributed by atoms with E-state index in [1.54, 1.807) is 23.1 Å². The molecule has 3 heterocycles. The average Bonchev–Trinajstić information content (AvgIpc) is 3.32. The summed E-state index contributed by atoms with van der Waals surface area (Å²) in [6.07, 6.45) is 4.73. The number of fused-ring (bicyclic) bond motifs is 1. The normalized spacial score (nSPS) is 14.9. The Hall–Kier alpha value is -3.18. The van der Waals surface area contributed by atoms with Crippen LogP contribution in [0.3, 0.4) is 0 Å². The van der Waals surface area contributed by atoms with Crippen molar-refractivity contribution in [2.45, 2.75) is 11.4 Å². The standard InChI is InChI=1S/C25H22N3OS2.CH4O3S/c1-26-15-9-8-12-19(26)16-22-28(17-18-10-4-3-5-11-18)24(29)23(31-22)25-27(2)20-13-6-7-14-21(20)30-25;1-5(2,3)4/h3-16H,17H2,1-2H3;1H3,(H,2,3,4)/q+1;/p-1/b25-23+;. The Labute approximate surface area is 218 Å². The number of thiazole rings is 1. The first-order valence-corrected chi connectivity index (χ1v) is 14.4. The highest BCUT2D eigenvalue weighted by atomic mass is 32.2. The molecule has 1 aliphatic rings. The SMILES string of the molecule is CN1/C(=c2\s/c(=C/c3cccc[n+]3C)n(Cc3ccccc3)c2=O)Sc2ccccc21.CS(=O)(=O)[O-]. The maximum Gasteiger partial charge on any atom is 0.272 e. The van der Waals surface area contributed by atoms with Crippen molar-refractivity contribution in [3.05, 3.63) is 110 Å². The number of aromatic nitrogens is 2. The highest BCUT2D eigenvalue weighted by Gasteiger charge is 2.24. The van der Waals surface area contributed by atoms with Crippen LogP contribution in [0.4, 0.5) is 5.69 Å². The molecule has 0 amide bonds. The second-order valence-electron chi connectivity index (χ2n) is 8.17. The minimum absolute atomic E-state index is 0.0563. The largest absolute Gasteiger partial charge is 0.748 e. The lowest BCUT2D eigenvalue weighted by Crippen LogP contribution is -2.35. The highest BCUT2D eigenvalue weighted by molar-refractivity contribution is 8.08. The van der Waals surface area contributed by atoms with Gasteiger partial charge in [0.15, 0.2) is 6.20 Å². The number of rotatable bonds is 3. The first-order chi connectivity index (χ1) is 17.1. The molecule has 7 nitrogen and oxygen atoms in total. The summed E-state index contributed by atoms with van der Waals surface area (Å²) in [6, 6.07) is 24.5. The van der Waals surface area contributed by atoms with E-state index in [2.05, 4.69) is 45.9 Å². The lowest BCUT2D eigenvalue weighted by molar-refractivity contribution is -0.673. The maximum atomic E-state index is 13.6. The topological polar surface area (TPSA) is 86.3 Å². The van der Waals surface area contributed by atoms with Gasteiger partial charge in [-0.2, -0.15) is 0 Å². The molecule has 0 saturated heterocycles. The lowest BCUT2D eigenvalue weighted by Gasteiger charge is -2.11. The van der Waals surface area contributed by atoms with E-state index in [0.717, 1.165) is 31.2 Å². The van der Waals surface area contributed by atoms with Crippen molar-refractivity contribution in [1.82, 2.24) is 4.57 Å². The van der Waals surface area contributed by atoms with Gasteiger partial charge in [0.25, 0.3) is 5.56 Å². The highest BCUT2D eigenvalue weighted by Crippen LogP contribution is 2.44. The van der Waals surface area contributed by atoms with Gasteiger partial charge in [-0.1, -0.05) is 54.2 Å². The fourth-order valence-corrected chi connectivity index (χ4v) is 6.10. The fourth-order valence-electron chi connectivity index (χ4n) is 3.70. The third-order valence-corrected chi connectivity index (χ3v) is 7.88. The molecule has 36 heavy (non-hydrogen) atoms. The van der Waals surface area contributed by atoms with E-state index >= 15 is 0 Å². The summed E-state index contributed by atoms with van der Waals surface area (Å²) in [5.74, 6) is 0. The van der Waals surface area contributed by atoms with Crippen LogP contribution in [-0.4, -0.2) is 30.8 Å². The number of hydrogen-bond acceptors (Lipinski definition) is 7. The van der Waals surface area contributed by atoms with Crippen LogP contribution < -0.4 is 24.2 Å². The van der Waals surface area contributed by atoms with Crippen LogP contribution in [0, 0.1) is 0 Å². The van der Waals surface area contributed by atoms with Gasteiger partial charge in [-0.15, -0.1) is 11.3 Å². The molecular weight excluding hydrogens is 515 g/mol. The Morgan fingerprint density at radius 1 is 1.00 bits per heavy atom. The minimum Gasteiger partial charge on any atom is -0.748 e. The minimum atomic E-state index is -3.92. The molecule has 10 heteroatoms. The average molecular weight is 540 g/mol. The zero-order valence-corrected chi connectivity index (χ0v) is 22.4. The number of thioether (sulfide) groups is 1. The Morgan fingerprint density at radius 2 is 1.64 bits per heavy atom. The van der Waals surface area contributed by atoms with Crippen LogP contribution in [0.2, 0.25) is 0 Å². The van der Waals surface area contributed by atoms with Crippen LogP contribution in [0.5, 0.6) is 0 Å². The molecule has 0 aliphatic carbocycles. The molecule has 0 bridgehead atoms. The van der Waals surface area contributed by atoms with Crippen molar-refractivity contribution in [2.24, 2.45) is 7.05 Å². The molecule has 1 aliphatic heterocycles. The van der Waals surface area contributed by atoms with Crippen molar-refractivity contribution in [3.8, 4) is 0 Å². The van der Waals surface area contributed by atoms with Crippen molar-refractivity contribution in [3.63, 3.8) is 0 Å². The molecule has 5 rings (SSSR count). The number of nitrogens with zero attached hydrogens (tertiary/aromatic N) is 3. The van der Waals surface area contributed by atoms with Crippen LogP contribution in [0.1, 0.15) is 11.3 Å². The predicted octanol–water partition coefficient (Wildman–Crippen LogP) is 2.08. The van der Waals surface area contributed by atoms with Gasteiger partial charge in [0.2, 0.25) is 5.69 Å². The second kappa shape index (κ2) is 10.8. The smallest absolute Gasteiger partial charge is 0.272 e. The summed E-state index contributed by atoms with van der Waals surface area (Å²) < 4.78 is 32.9. The molecule has 0 spiro atoms. The zero-order chi connectivity index (χ0) is 25.9. The van der Waals surface area contributed by atoms with Gasteiger partial charge in [-0.25, -0.2) is 13.0 Å². The van der Waals surface area contributed by atoms with Gasteiger partial charge < -0.3 is 9.45 Å². The second-order valence-corrected chi connectivity index (χ2v) is 11.6. The number of benzene rings is 2. The Morgan fingerprint density at radius 3 is 2.31 bits per heavy atom. The van der Waals surface area contributed by atoms with Crippen LogP contribution >= 0.6 is 23.1 Å². The quantitative estimate of drug-likeness (QED) is 0.293. The first kappa shape index (κ1) is 25.9. The summed E-state index contributed by atoms with van der Waals surface area (Å²) in [6.45, 7) is 0.549. The molecule has 0 unspecified atom stereocenters. The van der Waals surface area contributed by atoms with E-state index in [4.69, 9.17) is 13.0 Å². The van der Waals surface area contributed by atoms with Gasteiger partial charge >= 0.3 is 0 Å². The van der Waals surface area contributed by atoms with E-state index in [1.165, 1.54) is 4.90 Å². The Balaban J connectivity index is 0.000000556. The lowest BCUT2D eigenvalue weighted by atomic mass is 10.2. The summed E-state index contributed by atoms with van der Waals surface area (Å²) in [7, 11) is 0.140. The number of anilines is 1. The van der Waals surface area contributed by atoms with Gasteiger partial charge in [0.1, 0.15) is 21.3 Å². The van der Waals surface area contributed by atoms with Gasteiger partial charge in [0.05, 0.1) is 22.4 Å². The molecule has 186 valence electrons. The molecule has 2 aromatic carbocycles. The molecular formula is C26H25N3O4S3. The van der Waals surface area contributed by atoms with E-state index in [9.17, 15) is 4.79 Å². The van der Waals surface area contributed by atoms with E-state index in [1.807, 2.05) is 67.3 Å². The van der Waals surface area contributed by atoms with Crippen molar-refractivity contribution < 1.29 is 17.5 Å². The van der Waals surface area contributed by atoms with Gasteiger partial charge in [-0.05, 0) is 23.8 Å². The number of pyridine rings is 1. The fraction of sp³-hybridized carbons (Fsp3) is 0.154. The number of hydrogen-bond donors (Lipinski definition) is 0. The summed E-state index contributed by atoms with van der Waals surface area (Å²) in [5, 5.41) is 0.995.